The van der Waals surface area contributed by atoms with Crippen molar-refractivity contribution in [2.24, 2.45) is 97.5 Å². The van der Waals surface area contributed by atoms with Crippen LogP contribution in [0.15, 0.2) is 0 Å². The van der Waals surface area contributed by atoms with E-state index in [0.717, 1.165) is 13.0 Å². The molecule has 0 heterocycles. The van der Waals surface area contributed by atoms with Gasteiger partial charge in [0.2, 0.25) is 10.8 Å². The zero-order valence-electron chi connectivity index (χ0n) is 71.2. The maximum Gasteiger partial charge on any atom is 0.415 e. The van der Waals surface area contributed by atoms with E-state index in [1.54, 1.807) is 0 Å². The first-order valence-corrected chi connectivity index (χ1v) is 66.0. The van der Waals surface area contributed by atoms with Crippen molar-refractivity contribution in [3.63, 3.8) is 0 Å². The molecule has 68 N–H and O–H groups in total. The van der Waals surface area contributed by atoms with Gasteiger partial charge in [-0.25, -0.2) is 0 Å². The number of nitrogens with two attached hydrogens (primary N) is 17. The third kappa shape index (κ3) is 106. The minimum atomic E-state index is -5.28. The maximum absolute atomic E-state index is 12.0. The van der Waals surface area contributed by atoms with Gasteiger partial charge in [0.15, 0.2) is 10.8 Å². The fraction of sp³-hybridized carbons (Fsp3) is 1.00. The summed E-state index contributed by atoms with van der Waals surface area (Å²) < 4.78 is 280. The van der Waals surface area contributed by atoms with Crippen LogP contribution in [0, 0.1) is 0 Å². The van der Waals surface area contributed by atoms with Crippen LogP contribution in [0.4, 0.5) is 22.0 Å². The summed E-state index contributed by atoms with van der Waals surface area (Å²) in [4.78, 5) is 270. The van der Waals surface area contributed by atoms with E-state index in [1.165, 1.54) is 0 Å². The van der Waals surface area contributed by atoms with E-state index >= 15 is 0 Å². The number of hydrogen-bond donors (Lipinski definition) is 51. The Morgan fingerprint density at radius 1 is 0.279 bits per heavy atom. The van der Waals surface area contributed by atoms with Crippen LogP contribution in [0.25, 0.3) is 0 Å². The Morgan fingerprint density at radius 3 is 0.713 bits per heavy atom. The highest BCUT2D eigenvalue weighted by molar-refractivity contribution is 7.87. The molecule has 0 aromatic heterocycles. The van der Waals surface area contributed by atoms with Crippen molar-refractivity contribution in [3.05, 3.63) is 0 Å². The fourth-order valence-electron chi connectivity index (χ4n) is 5.88. The molecular formula is C42H138F5N17O54P16S2. The van der Waals surface area contributed by atoms with Gasteiger partial charge in [-0.05, 0) is 123 Å². The SMILES string of the molecule is CCCN.NC(C(F)(F)F)P(=O)(O)O.NC(CCCC(N)P(=O)(O)O)P(=O)(O)O.NC(CCP(=O)(O)O)P(=O)(O)O.NC(CS(=O)(=O)O)P(=O)(O)O.NCC(N)P(=O)(O)O.NCC(P(=O)(O)O)P(=O)(O)O.NCCC(F)(F)S(=O)(=O)O.NCCCC(N)(P(=O)(O)O)P(=O)(O)O.NCCCC(N)P(=O)(O)O.NCCCCCC(P(=O)(O)O)P(=O)(O)O.NCCCCP(=O)(O)O.NCCP(=O)(O)O. The lowest BCUT2D eigenvalue weighted by Gasteiger charge is -2.30. The van der Waals surface area contributed by atoms with E-state index < -0.39 is 254 Å². The molecule has 71 nitrogen and oxygen atoms in total. The summed E-state index contributed by atoms with van der Waals surface area (Å²) in [5.74, 6) is -12.4. The summed E-state index contributed by atoms with van der Waals surface area (Å²) >= 11 is 0. The van der Waals surface area contributed by atoms with Crippen molar-refractivity contribution < 1.29 is 278 Å². The van der Waals surface area contributed by atoms with E-state index in [2.05, 4.69) is 18.4 Å². The van der Waals surface area contributed by atoms with Crippen LogP contribution >= 0.6 is 122 Å². The van der Waals surface area contributed by atoms with Crippen molar-refractivity contribution in [2.45, 2.75) is 177 Å². The van der Waals surface area contributed by atoms with Gasteiger partial charge in [0.1, 0.15) is 40.5 Å². The monoisotopic (exact) mass is 2400 g/mol. The molecule has 0 radical (unpaired) electrons. The zero-order valence-corrected chi connectivity index (χ0v) is 87.2. The van der Waals surface area contributed by atoms with Crippen LogP contribution in [0.1, 0.15) is 110 Å². The summed E-state index contributed by atoms with van der Waals surface area (Å²) in [6.07, 6.45) is -3.22. The van der Waals surface area contributed by atoms with Gasteiger partial charge < -0.3 is 254 Å². The van der Waals surface area contributed by atoms with E-state index in [-0.39, 0.29) is 70.5 Å². The minimum Gasteiger partial charge on any atom is -0.330 e. The number of unbranched alkanes of at least 4 members (excludes halogenated alkanes) is 3. The topological polar surface area (TPSA) is 1470 Å². The molecule has 0 aliphatic heterocycles. The van der Waals surface area contributed by atoms with Gasteiger partial charge in [-0.1, -0.05) is 19.8 Å². The number of alkyl halides is 5. The minimum absolute atomic E-state index is 0.0206. The van der Waals surface area contributed by atoms with Crippen LogP contribution in [0.2, 0.25) is 0 Å². The lowest BCUT2D eigenvalue weighted by molar-refractivity contribution is -0.133. The standard InChI is InChI=1S/C6H17NO6P2.C5H16N2O6P2.C4H14N2O6P2.C4H13N2O3P.C4H12NO3P.C3H7F2NO3S.C3H11NO6P2.C3H9N.C2H5F3NO3P.C2H9N2O3P.C2H9NO6P2.C2H8NO6PS.C2H8NO3P/c7-5-3-1-2-4-6(14(8,9)10)15(11,12)13;6-4(14(8,9)10)2-1-3-5(7)15(11,12)13;5-3-1-2-4(6,13(7,8)9)14(10,11)12;5-3-1-2-4(6)10(7,8)9;5-3-1-2-4-9(6,7)8;4-3(5,1-2-6)10(7,8)9;4-3(12(8,9)10)1-2-11(5,6)7;1-2-3-4;3-2(4,5)1(6)10(7,8)9;3-1-2(4)8(5,6)7;3-1-2(10(4,5)6)11(7,8)9;3-2(10(4,5)6)1-11(7,8)9;3-1-2-7(4,5)6/h6H,1-5,7H2,(H2,8,9,10)(H2,11,12,13);4-5H,1-3,6-7H2,(H2,8,9,10)(H2,11,12,13);1-3,5-6H2,(H2,7,8,9)(H2,10,11,12);4H,1-3,5-6H2,(H2,7,8,9);1-5H2,(H2,6,7,8);1-2,6H2,(H,7,8,9);3H,1-2,4H2,(H2,5,6,7)(H2,8,9,10);2-4H2,1H3;1H,6H2,(H2,7,8,9);2H,1,3-4H2,(H2,5,6,7);2H,1,3H2,(H2,4,5,6)(H2,7,8,9);2H,1,3H2,(H2,4,5,6)(H,7,8,9);1-3H2,(H2,4,5,6). The van der Waals surface area contributed by atoms with Gasteiger partial charge in [-0.2, -0.15) is 38.8 Å². The van der Waals surface area contributed by atoms with E-state index in [1.807, 2.05) is 0 Å². The Hall–Kier alpha value is 1.19. The van der Waals surface area contributed by atoms with Gasteiger partial charge in [0, 0.05) is 32.2 Å². The van der Waals surface area contributed by atoms with Crippen LogP contribution in [0.5, 0.6) is 0 Å². The van der Waals surface area contributed by atoms with Crippen molar-refractivity contribution in [2.75, 3.05) is 83.1 Å². The van der Waals surface area contributed by atoms with Crippen LogP contribution in [-0.2, 0) is 93.3 Å². The van der Waals surface area contributed by atoms with Gasteiger partial charge in [0.25, 0.3) is 10.1 Å². The molecule has 0 aromatic rings. The Kier molecular flexibility index (Phi) is 90.0. The molecule has 0 saturated carbocycles. The molecular weight excluding hydrogens is 2260 g/mol. The largest absolute Gasteiger partial charge is 0.415 e. The fourth-order valence-corrected chi connectivity index (χ4v) is 19.5. The molecule has 136 heavy (non-hydrogen) atoms. The zero-order chi connectivity index (χ0) is 113. The van der Waals surface area contributed by atoms with E-state index in [9.17, 15) is 112 Å². The normalized spacial score (nSPS) is 14.7. The van der Waals surface area contributed by atoms with Crippen molar-refractivity contribution in [1.29, 1.82) is 0 Å². The molecule has 842 valence electrons. The molecule has 0 rings (SSSR count). The highest BCUT2D eigenvalue weighted by atomic mass is 32.2. The molecule has 0 spiro atoms. The van der Waals surface area contributed by atoms with Gasteiger partial charge >= 0.3 is 143 Å². The number of hydrogen-bond acceptors (Lipinski definition) is 37. The molecule has 0 aliphatic rings. The first kappa shape index (κ1) is 165. The summed E-state index contributed by atoms with van der Waals surface area (Å²) in [7, 11) is -81.7. The molecule has 7 unspecified atom stereocenters. The molecule has 0 amide bonds. The second-order valence-corrected chi connectivity index (χ2v) is 59.4. The van der Waals surface area contributed by atoms with Gasteiger partial charge in [-0.15, -0.1) is 0 Å². The highest BCUT2D eigenvalue weighted by Gasteiger charge is 2.57. The van der Waals surface area contributed by atoms with Crippen molar-refractivity contribution >= 4 is 142 Å². The third-order valence-corrected chi connectivity index (χ3v) is 37.3. The molecule has 0 fully saturated rings. The Labute approximate surface area is 773 Å². The average Bonchev–Trinajstić information content (AvgIpc) is 0.772. The smallest absolute Gasteiger partial charge is 0.330 e. The van der Waals surface area contributed by atoms with Crippen LogP contribution in [0.3, 0.4) is 0 Å². The highest BCUT2D eigenvalue weighted by Crippen LogP contribution is 2.68. The number of halogens is 5. The predicted octanol–water partition coefficient (Wildman–Crippen LogP) is -9.25. The lowest BCUT2D eigenvalue weighted by Crippen LogP contribution is -2.39. The predicted molar refractivity (Wildman–Crippen MR) is 478 cm³/mol. The summed E-state index contributed by atoms with van der Waals surface area (Å²) in [6.45, 7) is 2.90. The van der Waals surface area contributed by atoms with Crippen LogP contribution in [-0.4, -0.2) is 333 Å². The second kappa shape index (κ2) is 74.2. The quantitative estimate of drug-likeness (QED) is 0.0117. The molecule has 0 bridgehead atoms. The van der Waals surface area contributed by atoms with Gasteiger partial charge in [0.05, 0.1) is 12.3 Å². The summed E-state index contributed by atoms with van der Waals surface area (Å²) in [6, 6.07) is 0. The summed E-state index contributed by atoms with van der Waals surface area (Å²) in [5.41, 5.74) is 83.8. The first-order chi connectivity index (χ1) is 59.2. The number of rotatable bonds is 45. The third-order valence-electron chi connectivity index (χ3n) is 13.4. The molecule has 7 atom stereocenters. The Morgan fingerprint density at radius 2 is 0.559 bits per heavy atom. The average molecular weight is 2400 g/mol. The van der Waals surface area contributed by atoms with Crippen LogP contribution < -0.4 is 97.5 Å². The molecule has 0 saturated heterocycles. The van der Waals surface area contributed by atoms with Crippen molar-refractivity contribution in [3.8, 4) is 0 Å². The lowest BCUT2D eigenvalue weighted by atomic mass is 10.2. The van der Waals surface area contributed by atoms with E-state index in [0.29, 0.717) is 58.2 Å². The van der Waals surface area contributed by atoms with Gasteiger partial charge in [-0.3, -0.25) is 82.1 Å². The molecule has 94 heteroatoms. The molecule has 0 aromatic carbocycles. The first-order valence-electron chi connectivity index (χ1n) is 35.8. The van der Waals surface area contributed by atoms with E-state index in [4.69, 9.17) is 252 Å². The molecule has 0 aliphatic carbocycles. The second-order valence-electron chi connectivity index (χ2n) is 26.1. The maximum atomic E-state index is 12.0. The Balaban J connectivity index is -0.000000110. The Bertz CT molecular complexity index is 4170. The summed E-state index contributed by atoms with van der Waals surface area (Å²) in [5, 5.41) is -10.9. The van der Waals surface area contributed by atoms with Crippen molar-refractivity contribution in [1.82, 2.24) is 0 Å².